The summed E-state index contributed by atoms with van der Waals surface area (Å²) in [4.78, 5) is 11.7. The van der Waals surface area contributed by atoms with Crippen LogP contribution in [0.15, 0.2) is 0 Å². The van der Waals surface area contributed by atoms with E-state index >= 15 is 0 Å². The second-order valence-electron chi connectivity index (χ2n) is 5.49. The normalized spacial score (nSPS) is 25.4. The summed E-state index contributed by atoms with van der Waals surface area (Å²) in [5.41, 5.74) is -0.333. The molecule has 96 valence electrons. The molecular formula is C14H28O2. The van der Waals surface area contributed by atoms with Gasteiger partial charge < -0.3 is 4.74 Å². The lowest BCUT2D eigenvalue weighted by Crippen LogP contribution is -2.30. The zero-order valence-corrected chi connectivity index (χ0v) is 11.8. The van der Waals surface area contributed by atoms with Crippen molar-refractivity contribution in [3.05, 3.63) is 0 Å². The predicted molar refractivity (Wildman–Crippen MR) is 68.3 cm³/mol. The molecule has 1 aliphatic rings. The zero-order valence-electron chi connectivity index (χ0n) is 11.8. The fourth-order valence-corrected chi connectivity index (χ4v) is 1.88. The Morgan fingerprint density at radius 1 is 1.06 bits per heavy atom. The molecular weight excluding hydrogens is 200 g/mol. The Bertz CT molecular complexity index is 195. The lowest BCUT2D eigenvalue weighted by atomic mass is 9.83. The van der Waals surface area contributed by atoms with Crippen LogP contribution in [0.1, 0.15) is 67.2 Å². The van der Waals surface area contributed by atoms with E-state index in [1.165, 1.54) is 12.8 Å². The minimum absolute atomic E-state index is 0.00407. The van der Waals surface area contributed by atoms with Crippen molar-refractivity contribution in [1.29, 1.82) is 0 Å². The van der Waals surface area contributed by atoms with E-state index in [-0.39, 0.29) is 17.5 Å². The standard InChI is InChI=1S/C12H22O2.C2H6/c1-9-5-7-10(8-6-9)11(13)14-12(2,3)4;1-2/h9-10H,5-8H2,1-4H3;1-2H3. The van der Waals surface area contributed by atoms with E-state index in [1.54, 1.807) is 0 Å². The summed E-state index contributed by atoms with van der Waals surface area (Å²) in [5, 5.41) is 0. The van der Waals surface area contributed by atoms with Crippen LogP contribution in [0.4, 0.5) is 0 Å². The smallest absolute Gasteiger partial charge is 0.309 e. The molecule has 1 fully saturated rings. The van der Waals surface area contributed by atoms with Crippen LogP contribution in [0, 0.1) is 11.8 Å². The van der Waals surface area contributed by atoms with Gasteiger partial charge in [-0.15, -0.1) is 0 Å². The van der Waals surface area contributed by atoms with Gasteiger partial charge in [-0.2, -0.15) is 0 Å². The molecule has 0 spiro atoms. The molecule has 0 unspecified atom stereocenters. The Hall–Kier alpha value is -0.530. The van der Waals surface area contributed by atoms with Gasteiger partial charge in [0.25, 0.3) is 0 Å². The van der Waals surface area contributed by atoms with Gasteiger partial charge in [-0.05, 0) is 52.4 Å². The Balaban J connectivity index is 0.00000106. The molecule has 0 radical (unpaired) electrons. The van der Waals surface area contributed by atoms with Crippen molar-refractivity contribution in [3.63, 3.8) is 0 Å². The molecule has 2 nitrogen and oxygen atoms in total. The second-order valence-corrected chi connectivity index (χ2v) is 5.49. The molecule has 0 saturated heterocycles. The van der Waals surface area contributed by atoms with E-state index in [4.69, 9.17) is 4.74 Å². The molecule has 0 atom stereocenters. The van der Waals surface area contributed by atoms with E-state index in [0.717, 1.165) is 18.8 Å². The summed E-state index contributed by atoms with van der Waals surface area (Å²) in [5.74, 6) is 0.948. The van der Waals surface area contributed by atoms with Crippen LogP contribution in [0.5, 0.6) is 0 Å². The molecule has 1 saturated carbocycles. The third-order valence-electron chi connectivity index (χ3n) is 2.76. The third kappa shape index (κ3) is 6.14. The fraction of sp³-hybridized carbons (Fsp3) is 0.929. The van der Waals surface area contributed by atoms with Gasteiger partial charge in [0.05, 0.1) is 5.92 Å². The van der Waals surface area contributed by atoms with E-state index < -0.39 is 0 Å². The third-order valence-corrected chi connectivity index (χ3v) is 2.76. The van der Waals surface area contributed by atoms with Crippen molar-refractivity contribution >= 4 is 5.97 Å². The highest BCUT2D eigenvalue weighted by Gasteiger charge is 2.28. The van der Waals surface area contributed by atoms with E-state index in [1.807, 2.05) is 34.6 Å². The number of ether oxygens (including phenoxy) is 1. The predicted octanol–water partition coefficient (Wildman–Crippen LogP) is 4.18. The van der Waals surface area contributed by atoms with Crippen LogP contribution in [-0.4, -0.2) is 11.6 Å². The molecule has 1 rings (SSSR count). The van der Waals surface area contributed by atoms with Gasteiger partial charge in [0, 0.05) is 0 Å². The summed E-state index contributed by atoms with van der Waals surface area (Å²) in [6.07, 6.45) is 4.36. The van der Waals surface area contributed by atoms with Crippen molar-refractivity contribution in [3.8, 4) is 0 Å². The molecule has 0 heterocycles. The second kappa shape index (κ2) is 6.93. The van der Waals surface area contributed by atoms with Crippen LogP contribution in [0.2, 0.25) is 0 Å². The molecule has 0 bridgehead atoms. The number of hydrogen-bond donors (Lipinski definition) is 0. The van der Waals surface area contributed by atoms with Gasteiger partial charge in [0.1, 0.15) is 5.60 Å². The Labute approximate surface area is 101 Å². The van der Waals surface area contributed by atoms with Gasteiger partial charge in [0.2, 0.25) is 0 Å². The molecule has 0 aliphatic heterocycles. The van der Waals surface area contributed by atoms with Crippen LogP contribution in [0.25, 0.3) is 0 Å². The average Bonchev–Trinajstić information content (AvgIpc) is 2.19. The maximum Gasteiger partial charge on any atom is 0.309 e. The van der Waals surface area contributed by atoms with Gasteiger partial charge in [-0.25, -0.2) is 0 Å². The summed E-state index contributed by atoms with van der Waals surface area (Å²) in [6.45, 7) is 12.0. The Morgan fingerprint density at radius 2 is 1.50 bits per heavy atom. The quantitative estimate of drug-likeness (QED) is 0.629. The highest BCUT2D eigenvalue weighted by molar-refractivity contribution is 5.72. The Kier molecular flexibility index (Phi) is 6.70. The number of hydrogen-bond acceptors (Lipinski definition) is 2. The van der Waals surface area contributed by atoms with E-state index in [0.29, 0.717) is 0 Å². The lowest BCUT2D eigenvalue weighted by Gasteiger charge is -2.28. The van der Waals surface area contributed by atoms with Crippen molar-refractivity contribution < 1.29 is 9.53 Å². The molecule has 0 aromatic heterocycles. The number of rotatable bonds is 1. The summed E-state index contributed by atoms with van der Waals surface area (Å²) in [6, 6.07) is 0. The van der Waals surface area contributed by atoms with Crippen molar-refractivity contribution in [1.82, 2.24) is 0 Å². The van der Waals surface area contributed by atoms with E-state index in [2.05, 4.69) is 6.92 Å². The van der Waals surface area contributed by atoms with Crippen LogP contribution in [0.3, 0.4) is 0 Å². The maximum atomic E-state index is 11.7. The molecule has 0 amide bonds. The summed E-state index contributed by atoms with van der Waals surface area (Å²) >= 11 is 0. The molecule has 16 heavy (non-hydrogen) atoms. The van der Waals surface area contributed by atoms with Crippen molar-refractivity contribution in [2.24, 2.45) is 11.8 Å². The van der Waals surface area contributed by atoms with Gasteiger partial charge in [0.15, 0.2) is 0 Å². The molecule has 1 aliphatic carbocycles. The average molecular weight is 228 g/mol. The largest absolute Gasteiger partial charge is 0.460 e. The first kappa shape index (κ1) is 15.5. The van der Waals surface area contributed by atoms with E-state index in [9.17, 15) is 4.79 Å². The molecule has 0 aromatic rings. The minimum atomic E-state index is -0.333. The Morgan fingerprint density at radius 3 is 1.88 bits per heavy atom. The highest BCUT2D eigenvalue weighted by atomic mass is 16.6. The fourth-order valence-electron chi connectivity index (χ4n) is 1.88. The molecule has 0 aromatic carbocycles. The van der Waals surface area contributed by atoms with Crippen LogP contribution in [-0.2, 0) is 9.53 Å². The SMILES string of the molecule is CC.CC1CCC(C(=O)OC(C)(C)C)CC1. The van der Waals surface area contributed by atoms with Crippen LogP contribution >= 0.6 is 0 Å². The lowest BCUT2D eigenvalue weighted by molar-refractivity contribution is -0.161. The van der Waals surface area contributed by atoms with Gasteiger partial charge in [-0.1, -0.05) is 20.8 Å². The number of carbonyl (C=O) groups is 1. The van der Waals surface area contributed by atoms with Gasteiger partial charge >= 0.3 is 5.97 Å². The first-order valence-electron chi connectivity index (χ1n) is 6.61. The van der Waals surface area contributed by atoms with Crippen LogP contribution < -0.4 is 0 Å². The number of esters is 1. The number of carbonyl (C=O) groups excluding carboxylic acids is 1. The summed E-state index contributed by atoms with van der Waals surface area (Å²) in [7, 11) is 0. The van der Waals surface area contributed by atoms with Crippen molar-refractivity contribution in [2.75, 3.05) is 0 Å². The minimum Gasteiger partial charge on any atom is -0.460 e. The monoisotopic (exact) mass is 228 g/mol. The zero-order chi connectivity index (χ0) is 12.8. The topological polar surface area (TPSA) is 26.3 Å². The van der Waals surface area contributed by atoms with Gasteiger partial charge in [-0.3, -0.25) is 4.79 Å². The first-order chi connectivity index (χ1) is 7.38. The molecule has 2 heteroatoms. The first-order valence-corrected chi connectivity index (χ1v) is 6.61. The summed E-state index contributed by atoms with van der Waals surface area (Å²) < 4.78 is 5.37. The molecule has 0 N–H and O–H groups in total. The van der Waals surface area contributed by atoms with Crippen molar-refractivity contribution in [2.45, 2.75) is 72.8 Å². The highest BCUT2D eigenvalue weighted by Crippen LogP contribution is 2.29. The maximum absolute atomic E-state index is 11.7.